The molecule has 3 nitrogen and oxygen atoms in total. The van der Waals surface area contributed by atoms with Gasteiger partial charge in [-0.05, 0) is 25.9 Å². The van der Waals surface area contributed by atoms with Gasteiger partial charge in [0.15, 0.2) is 0 Å². The van der Waals surface area contributed by atoms with Gasteiger partial charge in [0.25, 0.3) is 0 Å². The first kappa shape index (κ1) is 10.1. The minimum absolute atomic E-state index is 0.0660. The van der Waals surface area contributed by atoms with Gasteiger partial charge in [-0.15, -0.1) is 11.3 Å². The molecule has 0 bridgehead atoms. The Bertz CT molecular complexity index is 281. The molecular formula is C10H16N2OS. The zero-order valence-electron chi connectivity index (χ0n) is 8.28. The van der Waals surface area contributed by atoms with Crippen LogP contribution in [0.4, 0.5) is 0 Å². The van der Waals surface area contributed by atoms with Gasteiger partial charge in [0.2, 0.25) is 0 Å². The summed E-state index contributed by atoms with van der Waals surface area (Å²) < 4.78 is 0. The van der Waals surface area contributed by atoms with Gasteiger partial charge in [0, 0.05) is 5.38 Å². The first-order chi connectivity index (χ1) is 6.88. The summed E-state index contributed by atoms with van der Waals surface area (Å²) in [6.45, 7) is 3.43. The average molecular weight is 212 g/mol. The van der Waals surface area contributed by atoms with E-state index in [-0.39, 0.29) is 6.61 Å². The molecule has 0 radical (unpaired) electrons. The Balaban J connectivity index is 1.89. The second kappa shape index (κ2) is 4.87. The molecule has 1 aliphatic heterocycles. The van der Waals surface area contributed by atoms with Crippen LogP contribution in [-0.4, -0.2) is 28.1 Å². The molecule has 1 aromatic rings. The van der Waals surface area contributed by atoms with Crippen LogP contribution in [0.5, 0.6) is 0 Å². The Hall–Kier alpha value is -0.450. The largest absolute Gasteiger partial charge is 0.390 e. The Morgan fingerprint density at radius 1 is 1.36 bits per heavy atom. The number of hydrogen-bond acceptors (Lipinski definition) is 4. The van der Waals surface area contributed by atoms with E-state index in [0.29, 0.717) is 0 Å². The molecule has 0 aliphatic carbocycles. The first-order valence-corrected chi connectivity index (χ1v) is 6.03. The van der Waals surface area contributed by atoms with E-state index in [1.54, 1.807) is 11.3 Å². The Labute approximate surface area is 88.4 Å². The third-order valence-electron chi connectivity index (χ3n) is 2.57. The van der Waals surface area contributed by atoms with Gasteiger partial charge in [-0.3, -0.25) is 4.90 Å². The molecule has 1 saturated heterocycles. The molecule has 0 aromatic carbocycles. The van der Waals surface area contributed by atoms with Crippen molar-refractivity contribution in [3.8, 4) is 0 Å². The molecule has 4 heteroatoms. The van der Waals surface area contributed by atoms with Gasteiger partial charge < -0.3 is 5.11 Å². The summed E-state index contributed by atoms with van der Waals surface area (Å²) in [6.07, 6.45) is 4.01. The third-order valence-corrected chi connectivity index (χ3v) is 3.45. The van der Waals surface area contributed by atoms with Crippen molar-refractivity contribution in [2.75, 3.05) is 13.1 Å². The first-order valence-electron chi connectivity index (χ1n) is 5.15. The van der Waals surface area contributed by atoms with Crippen LogP contribution in [0, 0.1) is 0 Å². The van der Waals surface area contributed by atoms with Crippen molar-refractivity contribution in [1.29, 1.82) is 0 Å². The van der Waals surface area contributed by atoms with Crippen molar-refractivity contribution in [2.24, 2.45) is 0 Å². The number of aliphatic hydroxyl groups excluding tert-OH is 1. The van der Waals surface area contributed by atoms with Crippen molar-refractivity contribution < 1.29 is 5.11 Å². The van der Waals surface area contributed by atoms with E-state index in [9.17, 15) is 0 Å². The predicted molar refractivity (Wildman–Crippen MR) is 57.2 cm³/mol. The summed E-state index contributed by atoms with van der Waals surface area (Å²) in [7, 11) is 0. The van der Waals surface area contributed by atoms with E-state index in [2.05, 4.69) is 9.88 Å². The van der Waals surface area contributed by atoms with Gasteiger partial charge in [-0.25, -0.2) is 4.98 Å². The summed E-state index contributed by atoms with van der Waals surface area (Å²) in [5.41, 5.74) is 0.807. The number of likely N-dealkylation sites (tertiary alicyclic amines) is 1. The summed E-state index contributed by atoms with van der Waals surface area (Å²) in [4.78, 5) is 6.80. The number of hydrogen-bond donors (Lipinski definition) is 1. The Kier molecular flexibility index (Phi) is 3.50. The van der Waals surface area contributed by atoms with Gasteiger partial charge in [-0.2, -0.15) is 0 Å². The summed E-state index contributed by atoms with van der Waals surface area (Å²) in [5.74, 6) is 0. The second-order valence-electron chi connectivity index (χ2n) is 3.73. The molecule has 14 heavy (non-hydrogen) atoms. The molecule has 0 saturated carbocycles. The molecule has 2 rings (SSSR count). The lowest BCUT2D eigenvalue weighted by molar-refractivity contribution is 0.220. The SMILES string of the molecule is OCc1csc(CN2CCCCC2)n1. The highest BCUT2D eigenvalue weighted by molar-refractivity contribution is 7.09. The highest BCUT2D eigenvalue weighted by atomic mass is 32.1. The van der Waals surface area contributed by atoms with E-state index in [4.69, 9.17) is 5.11 Å². The molecule has 1 aromatic heterocycles. The van der Waals surface area contributed by atoms with Crippen molar-refractivity contribution >= 4 is 11.3 Å². The quantitative estimate of drug-likeness (QED) is 0.827. The van der Waals surface area contributed by atoms with Crippen LogP contribution in [0.1, 0.15) is 30.0 Å². The molecule has 0 unspecified atom stereocenters. The number of aromatic nitrogens is 1. The minimum atomic E-state index is 0.0660. The monoisotopic (exact) mass is 212 g/mol. The molecular weight excluding hydrogens is 196 g/mol. The van der Waals surface area contributed by atoms with E-state index >= 15 is 0 Å². The number of aliphatic hydroxyl groups is 1. The number of rotatable bonds is 3. The van der Waals surface area contributed by atoms with Crippen LogP contribution < -0.4 is 0 Å². The normalized spacial score (nSPS) is 18.6. The number of nitrogens with zero attached hydrogens (tertiary/aromatic N) is 2. The molecule has 1 fully saturated rings. The van der Waals surface area contributed by atoms with Crippen LogP contribution in [0.3, 0.4) is 0 Å². The predicted octanol–water partition coefficient (Wildman–Crippen LogP) is 1.62. The molecule has 0 atom stereocenters. The van der Waals surface area contributed by atoms with Gasteiger partial charge in [0.1, 0.15) is 5.01 Å². The molecule has 0 spiro atoms. The lowest BCUT2D eigenvalue weighted by atomic mass is 10.1. The van der Waals surface area contributed by atoms with Crippen LogP contribution in [0.25, 0.3) is 0 Å². The summed E-state index contributed by atoms with van der Waals surface area (Å²) in [5, 5.41) is 12.0. The van der Waals surface area contributed by atoms with Gasteiger partial charge in [-0.1, -0.05) is 6.42 Å². The third kappa shape index (κ3) is 2.53. The Morgan fingerprint density at radius 2 is 2.14 bits per heavy atom. The van der Waals surface area contributed by atoms with E-state index in [1.165, 1.54) is 32.4 Å². The molecule has 1 N–H and O–H groups in total. The fourth-order valence-corrected chi connectivity index (χ4v) is 2.63. The van der Waals surface area contributed by atoms with Crippen LogP contribution in [0.2, 0.25) is 0 Å². The average Bonchev–Trinajstić information content (AvgIpc) is 2.67. The topological polar surface area (TPSA) is 36.4 Å². The highest BCUT2D eigenvalue weighted by Crippen LogP contribution is 2.16. The second-order valence-corrected chi connectivity index (χ2v) is 4.67. The van der Waals surface area contributed by atoms with Crippen LogP contribution in [0.15, 0.2) is 5.38 Å². The van der Waals surface area contributed by atoms with Gasteiger partial charge in [0.05, 0.1) is 18.8 Å². The fraction of sp³-hybridized carbons (Fsp3) is 0.700. The lowest BCUT2D eigenvalue weighted by Gasteiger charge is -2.25. The van der Waals surface area contributed by atoms with Crippen molar-refractivity contribution in [3.05, 3.63) is 16.1 Å². The maximum Gasteiger partial charge on any atom is 0.107 e. The Morgan fingerprint density at radius 3 is 2.79 bits per heavy atom. The zero-order valence-corrected chi connectivity index (χ0v) is 9.09. The van der Waals surface area contributed by atoms with Crippen molar-refractivity contribution in [2.45, 2.75) is 32.4 Å². The number of thiazole rings is 1. The molecule has 78 valence electrons. The minimum Gasteiger partial charge on any atom is -0.390 e. The summed E-state index contributed by atoms with van der Waals surface area (Å²) >= 11 is 1.65. The standard InChI is InChI=1S/C10H16N2OS/c13-7-9-8-14-10(11-9)6-12-4-2-1-3-5-12/h8,13H,1-7H2. The zero-order chi connectivity index (χ0) is 9.80. The van der Waals surface area contributed by atoms with E-state index in [0.717, 1.165) is 17.2 Å². The van der Waals surface area contributed by atoms with Crippen molar-refractivity contribution in [3.63, 3.8) is 0 Å². The van der Waals surface area contributed by atoms with E-state index < -0.39 is 0 Å². The van der Waals surface area contributed by atoms with Crippen LogP contribution >= 0.6 is 11.3 Å². The lowest BCUT2D eigenvalue weighted by Crippen LogP contribution is -2.29. The van der Waals surface area contributed by atoms with Crippen LogP contribution in [-0.2, 0) is 13.2 Å². The fourth-order valence-electron chi connectivity index (χ4n) is 1.80. The number of piperidine rings is 1. The molecule has 1 aliphatic rings. The highest BCUT2D eigenvalue weighted by Gasteiger charge is 2.12. The molecule has 2 heterocycles. The van der Waals surface area contributed by atoms with Crippen molar-refractivity contribution in [1.82, 2.24) is 9.88 Å². The maximum atomic E-state index is 8.89. The van der Waals surface area contributed by atoms with E-state index in [1.807, 2.05) is 5.38 Å². The molecule has 0 amide bonds. The van der Waals surface area contributed by atoms with Gasteiger partial charge >= 0.3 is 0 Å². The maximum absolute atomic E-state index is 8.89. The summed E-state index contributed by atoms with van der Waals surface area (Å²) in [6, 6.07) is 0. The smallest absolute Gasteiger partial charge is 0.107 e.